The van der Waals surface area contributed by atoms with Gasteiger partial charge in [-0.3, -0.25) is 14.8 Å². The Morgan fingerprint density at radius 2 is 2.08 bits per heavy atom. The van der Waals surface area contributed by atoms with Gasteiger partial charge in [-0.05, 0) is 18.3 Å². The number of nitrogens with zero attached hydrogens (tertiary/aromatic N) is 3. The van der Waals surface area contributed by atoms with Crippen LogP contribution in [0.3, 0.4) is 0 Å². The van der Waals surface area contributed by atoms with Gasteiger partial charge >= 0.3 is 0 Å². The number of amides is 1. The van der Waals surface area contributed by atoms with Crippen LogP contribution in [-0.2, 0) is 11.3 Å². The fourth-order valence-electron chi connectivity index (χ4n) is 1.58. The second-order valence-corrected chi connectivity index (χ2v) is 5.36. The van der Waals surface area contributed by atoms with E-state index in [1.54, 1.807) is 0 Å². The van der Waals surface area contributed by atoms with Crippen molar-refractivity contribution in [3.63, 3.8) is 0 Å². The normalized spacial score (nSPS) is 12.7. The van der Waals surface area contributed by atoms with Crippen LogP contribution in [0.4, 0.5) is 0 Å². The number of allylic oxidation sites excluding steroid dienone is 1. The van der Waals surface area contributed by atoms with E-state index >= 15 is 0 Å². The molecule has 0 aliphatic heterocycles. The number of nitrogens with two attached hydrogens (primary N) is 2. The summed E-state index contributed by atoms with van der Waals surface area (Å²) in [5, 5.41) is 2.60. The van der Waals surface area contributed by atoms with Crippen molar-refractivity contribution in [3.8, 4) is 0 Å². The smallest absolute Gasteiger partial charge is 0.232 e. The molecule has 1 rings (SSSR count). The van der Waals surface area contributed by atoms with Crippen LogP contribution in [0.5, 0.6) is 0 Å². The van der Waals surface area contributed by atoms with E-state index in [-0.39, 0.29) is 18.2 Å². The number of carbonyl (C=O) groups excluding carboxylic acids is 1. The van der Waals surface area contributed by atoms with Crippen LogP contribution in [-0.4, -0.2) is 24.7 Å². The third kappa shape index (κ3) is 7.50. The first-order chi connectivity index (χ1) is 11.6. The van der Waals surface area contributed by atoms with Gasteiger partial charge < -0.3 is 16.8 Å². The standard InChI is InChI=1S/C16H19BrN6O/c1-20-6-7-22-15(19)8-16(24)23-13(9-18)11-21-10-12-4-2-3-5-14(12)17/h2-7,9,11H,1,8,10,18H2,(H2,19,22)(H,23,24)/b7-6-,13-9?,21-11?. The molecule has 24 heavy (non-hydrogen) atoms. The van der Waals surface area contributed by atoms with Gasteiger partial charge in [0.15, 0.2) is 0 Å². The second kappa shape index (κ2) is 10.9. The van der Waals surface area contributed by atoms with Crippen molar-refractivity contribution in [2.75, 3.05) is 0 Å². The Hall–Kier alpha value is -2.74. The molecule has 8 heteroatoms. The lowest BCUT2D eigenvalue weighted by Crippen LogP contribution is -2.29. The highest BCUT2D eigenvalue weighted by molar-refractivity contribution is 9.10. The highest BCUT2D eigenvalue weighted by Crippen LogP contribution is 2.16. The van der Waals surface area contributed by atoms with Crippen LogP contribution in [0, 0.1) is 0 Å². The lowest BCUT2D eigenvalue weighted by molar-refractivity contribution is -0.119. The van der Waals surface area contributed by atoms with Gasteiger partial charge in [-0.15, -0.1) is 0 Å². The van der Waals surface area contributed by atoms with Crippen molar-refractivity contribution < 1.29 is 4.79 Å². The molecule has 0 bridgehead atoms. The molecule has 0 saturated carbocycles. The Morgan fingerprint density at radius 3 is 2.75 bits per heavy atom. The van der Waals surface area contributed by atoms with Crippen LogP contribution in [0.1, 0.15) is 12.0 Å². The number of hydrogen-bond donors (Lipinski definition) is 3. The van der Waals surface area contributed by atoms with E-state index in [4.69, 9.17) is 11.5 Å². The van der Waals surface area contributed by atoms with Crippen molar-refractivity contribution in [3.05, 3.63) is 58.6 Å². The first kappa shape index (κ1) is 19.3. The zero-order valence-corrected chi connectivity index (χ0v) is 14.6. The number of halogens is 1. The number of aliphatic imine (C=N–C) groups is 3. The molecule has 0 radical (unpaired) electrons. The van der Waals surface area contributed by atoms with Crippen molar-refractivity contribution in [2.24, 2.45) is 26.4 Å². The highest BCUT2D eigenvalue weighted by atomic mass is 79.9. The van der Waals surface area contributed by atoms with E-state index < -0.39 is 0 Å². The van der Waals surface area contributed by atoms with Gasteiger partial charge in [0, 0.05) is 29.3 Å². The lowest BCUT2D eigenvalue weighted by Gasteiger charge is -2.05. The van der Waals surface area contributed by atoms with E-state index in [2.05, 4.69) is 42.9 Å². The Morgan fingerprint density at radius 1 is 1.33 bits per heavy atom. The molecule has 0 atom stereocenters. The minimum absolute atomic E-state index is 0.0725. The summed E-state index contributed by atoms with van der Waals surface area (Å²) in [5.74, 6) is -0.200. The third-order valence-corrected chi connectivity index (χ3v) is 3.44. The Kier molecular flexibility index (Phi) is 8.77. The molecule has 0 aromatic heterocycles. The van der Waals surface area contributed by atoms with Crippen LogP contribution in [0.15, 0.2) is 68.0 Å². The van der Waals surface area contributed by atoms with Crippen molar-refractivity contribution in [1.82, 2.24) is 5.32 Å². The first-order valence-electron chi connectivity index (χ1n) is 6.94. The van der Waals surface area contributed by atoms with Crippen LogP contribution >= 0.6 is 15.9 Å². The number of rotatable bonds is 8. The van der Waals surface area contributed by atoms with Crippen molar-refractivity contribution in [1.29, 1.82) is 0 Å². The van der Waals surface area contributed by atoms with Crippen LogP contribution in [0.2, 0.25) is 0 Å². The lowest BCUT2D eigenvalue weighted by atomic mass is 10.2. The number of hydrogen-bond acceptors (Lipinski definition) is 5. The van der Waals surface area contributed by atoms with E-state index in [1.165, 1.54) is 24.8 Å². The van der Waals surface area contributed by atoms with E-state index in [9.17, 15) is 4.79 Å². The fraction of sp³-hybridized carbons (Fsp3) is 0.125. The molecule has 1 aromatic rings. The molecular formula is C16H19BrN6O. The quantitative estimate of drug-likeness (QED) is 0.464. The van der Waals surface area contributed by atoms with Crippen LogP contribution < -0.4 is 16.8 Å². The molecule has 1 aromatic carbocycles. The highest BCUT2D eigenvalue weighted by Gasteiger charge is 2.05. The summed E-state index contributed by atoms with van der Waals surface area (Å²) in [4.78, 5) is 23.4. The van der Waals surface area contributed by atoms with Gasteiger partial charge in [-0.1, -0.05) is 34.1 Å². The maximum absolute atomic E-state index is 11.8. The zero-order chi connectivity index (χ0) is 17.8. The third-order valence-electron chi connectivity index (χ3n) is 2.67. The summed E-state index contributed by atoms with van der Waals surface area (Å²) < 4.78 is 0.968. The summed E-state index contributed by atoms with van der Waals surface area (Å²) in [5.41, 5.74) is 12.5. The summed E-state index contributed by atoms with van der Waals surface area (Å²) in [6, 6.07) is 7.74. The van der Waals surface area contributed by atoms with Gasteiger partial charge in [0.05, 0.1) is 18.7 Å². The average molecular weight is 391 g/mol. The molecule has 1 amide bonds. The summed E-state index contributed by atoms with van der Waals surface area (Å²) in [7, 11) is 0. The number of nitrogens with one attached hydrogen (secondary N) is 1. The Labute approximate surface area is 149 Å². The molecule has 5 N–H and O–H groups in total. The minimum atomic E-state index is -0.347. The molecule has 0 aliphatic rings. The maximum Gasteiger partial charge on any atom is 0.232 e. The Bertz CT molecular complexity index is 694. The minimum Gasteiger partial charge on any atom is -0.403 e. The predicted molar refractivity (Wildman–Crippen MR) is 102 cm³/mol. The van der Waals surface area contributed by atoms with Crippen LogP contribution in [0.25, 0.3) is 0 Å². The predicted octanol–water partition coefficient (Wildman–Crippen LogP) is 1.86. The molecule has 7 nitrogen and oxygen atoms in total. The molecular weight excluding hydrogens is 372 g/mol. The second-order valence-electron chi connectivity index (χ2n) is 4.51. The first-order valence-corrected chi connectivity index (χ1v) is 7.74. The number of carbonyl (C=O) groups is 1. The summed E-state index contributed by atoms with van der Waals surface area (Å²) in [6.07, 6.45) is 5.40. The maximum atomic E-state index is 11.8. The molecule has 0 aliphatic carbocycles. The SMILES string of the molecule is C=N/C=C\N=C(N)CC(=O)NC(C=NCc1ccccc1Br)=CN. The van der Waals surface area contributed by atoms with Gasteiger partial charge in [-0.2, -0.15) is 0 Å². The molecule has 0 heterocycles. The summed E-state index contributed by atoms with van der Waals surface area (Å²) >= 11 is 3.45. The van der Waals surface area contributed by atoms with E-state index in [0.717, 1.165) is 10.0 Å². The van der Waals surface area contributed by atoms with E-state index in [0.29, 0.717) is 12.2 Å². The Balaban J connectivity index is 2.55. The number of amidine groups is 1. The molecule has 126 valence electrons. The average Bonchev–Trinajstić information content (AvgIpc) is 2.55. The largest absolute Gasteiger partial charge is 0.403 e. The van der Waals surface area contributed by atoms with Gasteiger partial charge in [0.1, 0.15) is 5.84 Å². The van der Waals surface area contributed by atoms with Gasteiger partial charge in [0.25, 0.3) is 0 Å². The van der Waals surface area contributed by atoms with E-state index in [1.807, 2.05) is 24.3 Å². The zero-order valence-electron chi connectivity index (χ0n) is 13.0. The number of benzene rings is 1. The summed E-state index contributed by atoms with van der Waals surface area (Å²) in [6.45, 7) is 3.72. The topological polar surface area (TPSA) is 118 Å². The molecule has 0 saturated heterocycles. The van der Waals surface area contributed by atoms with Gasteiger partial charge in [-0.25, -0.2) is 4.99 Å². The molecule has 0 fully saturated rings. The van der Waals surface area contributed by atoms with Crippen molar-refractivity contribution in [2.45, 2.75) is 13.0 Å². The molecule has 0 unspecified atom stereocenters. The van der Waals surface area contributed by atoms with Crippen molar-refractivity contribution >= 4 is 40.6 Å². The molecule has 0 spiro atoms. The monoisotopic (exact) mass is 390 g/mol. The fourth-order valence-corrected chi connectivity index (χ4v) is 1.99. The van der Waals surface area contributed by atoms with Gasteiger partial charge in [0.2, 0.25) is 5.91 Å².